The highest BCUT2D eigenvalue weighted by Crippen LogP contribution is 2.14. The molecule has 1 aromatic rings. The normalized spacial score (nSPS) is 19.3. The molecular formula is C15H24N2O3S. The third kappa shape index (κ3) is 4.78. The van der Waals surface area contributed by atoms with Gasteiger partial charge in [-0.05, 0) is 37.6 Å². The number of hydrogen-bond donors (Lipinski definition) is 1. The smallest absolute Gasteiger partial charge is 0.179 e. The highest BCUT2D eigenvalue weighted by Gasteiger charge is 2.19. The van der Waals surface area contributed by atoms with Crippen LogP contribution in [-0.2, 0) is 21.1 Å². The van der Waals surface area contributed by atoms with Crippen LogP contribution in [-0.4, -0.2) is 51.9 Å². The maximum atomic E-state index is 12.3. The quantitative estimate of drug-likeness (QED) is 0.814. The third-order valence-electron chi connectivity index (χ3n) is 3.80. The van der Waals surface area contributed by atoms with E-state index in [4.69, 9.17) is 10.5 Å². The lowest BCUT2D eigenvalue weighted by molar-refractivity contribution is 0.0829. The second-order valence-electron chi connectivity index (χ2n) is 5.56. The van der Waals surface area contributed by atoms with E-state index in [1.165, 1.54) is 0 Å². The van der Waals surface area contributed by atoms with E-state index in [1.54, 1.807) is 24.3 Å². The summed E-state index contributed by atoms with van der Waals surface area (Å²) in [5.41, 5.74) is 6.45. The summed E-state index contributed by atoms with van der Waals surface area (Å²) in [7, 11) is -1.30. The predicted molar refractivity (Wildman–Crippen MR) is 82.9 cm³/mol. The van der Waals surface area contributed by atoms with Crippen LogP contribution >= 0.6 is 0 Å². The van der Waals surface area contributed by atoms with Crippen LogP contribution in [0.25, 0.3) is 0 Å². The van der Waals surface area contributed by atoms with Gasteiger partial charge in [-0.3, -0.25) is 0 Å². The van der Waals surface area contributed by atoms with Gasteiger partial charge in [0.05, 0.1) is 16.8 Å². The Labute approximate surface area is 127 Å². The van der Waals surface area contributed by atoms with Crippen molar-refractivity contribution in [1.82, 2.24) is 4.90 Å². The van der Waals surface area contributed by atoms with Gasteiger partial charge in [0.25, 0.3) is 0 Å². The maximum Gasteiger partial charge on any atom is 0.179 e. The van der Waals surface area contributed by atoms with E-state index in [1.807, 2.05) is 11.9 Å². The lowest BCUT2D eigenvalue weighted by atomic mass is 10.2. The lowest BCUT2D eigenvalue weighted by Gasteiger charge is -2.20. The molecule has 0 radical (unpaired) electrons. The molecule has 21 heavy (non-hydrogen) atoms. The van der Waals surface area contributed by atoms with E-state index in [2.05, 4.69) is 0 Å². The Kier molecular flexibility index (Phi) is 5.75. The summed E-state index contributed by atoms with van der Waals surface area (Å²) in [6, 6.07) is 6.81. The summed E-state index contributed by atoms with van der Waals surface area (Å²) in [5, 5.41) is 0. The second kappa shape index (κ2) is 7.35. The predicted octanol–water partition coefficient (Wildman–Crippen LogP) is 1.03. The number of hydrogen-bond acceptors (Lipinski definition) is 5. The Balaban J connectivity index is 1.87. The summed E-state index contributed by atoms with van der Waals surface area (Å²) in [4.78, 5) is 2.40. The molecule has 1 aromatic carbocycles. The summed E-state index contributed by atoms with van der Waals surface area (Å²) < 4.78 is 30.1. The molecule has 6 heteroatoms. The Morgan fingerprint density at radius 1 is 1.33 bits per heavy atom. The number of likely N-dealkylation sites (N-methyl/N-ethyl adjacent to an activating group) is 1. The number of nitrogens with zero attached hydrogens (tertiary/aromatic N) is 1. The van der Waals surface area contributed by atoms with Crippen LogP contribution in [0.1, 0.15) is 18.4 Å². The van der Waals surface area contributed by atoms with Gasteiger partial charge in [0.2, 0.25) is 0 Å². The van der Waals surface area contributed by atoms with E-state index in [0.717, 1.165) is 31.6 Å². The van der Waals surface area contributed by atoms with E-state index >= 15 is 0 Å². The Morgan fingerprint density at radius 2 is 2.05 bits per heavy atom. The van der Waals surface area contributed by atoms with Gasteiger partial charge >= 0.3 is 0 Å². The van der Waals surface area contributed by atoms with Gasteiger partial charge in [0, 0.05) is 26.2 Å². The lowest BCUT2D eigenvalue weighted by Crippen LogP contribution is -2.32. The Morgan fingerprint density at radius 3 is 2.62 bits per heavy atom. The molecule has 2 rings (SSSR count). The first-order valence-electron chi connectivity index (χ1n) is 7.33. The molecule has 0 spiro atoms. The summed E-state index contributed by atoms with van der Waals surface area (Å²) in [6.07, 6.45) is 2.42. The van der Waals surface area contributed by atoms with E-state index in [9.17, 15) is 8.42 Å². The fourth-order valence-corrected chi connectivity index (χ4v) is 3.79. The van der Waals surface area contributed by atoms with E-state index < -0.39 is 9.84 Å². The zero-order valence-electron chi connectivity index (χ0n) is 12.5. The molecule has 118 valence electrons. The van der Waals surface area contributed by atoms with Crippen LogP contribution in [0.3, 0.4) is 0 Å². The highest BCUT2D eigenvalue weighted by molar-refractivity contribution is 7.91. The molecular weight excluding hydrogens is 288 g/mol. The molecule has 1 aliphatic heterocycles. The van der Waals surface area contributed by atoms with Crippen molar-refractivity contribution in [3.63, 3.8) is 0 Å². The highest BCUT2D eigenvalue weighted by atomic mass is 32.2. The molecule has 1 saturated heterocycles. The minimum Gasteiger partial charge on any atom is -0.377 e. The number of benzene rings is 1. The minimum absolute atomic E-state index is 0.123. The molecule has 0 saturated carbocycles. The largest absolute Gasteiger partial charge is 0.377 e. The standard InChI is InChI=1S/C15H24N2O3S/c1-17(12-14-3-2-9-20-14)8-10-21(18,19)15-6-4-13(11-16)5-7-15/h4-7,14H,2-3,8-12,16H2,1H3. The first kappa shape index (κ1) is 16.4. The average molecular weight is 312 g/mol. The van der Waals surface area contributed by atoms with Gasteiger partial charge < -0.3 is 15.4 Å². The Hall–Kier alpha value is -0.950. The van der Waals surface area contributed by atoms with Gasteiger partial charge in [0.1, 0.15) is 0 Å². The number of nitrogens with two attached hydrogens (primary N) is 1. The van der Waals surface area contributed by atoms with Crippen LogP contribution in [0.2, 0.25) is 0 Å². The summed E-state index contributed by atoms with van der Waals surface area (Å²) >= 11 is 0. The fourth-order valence-electron chi connectivity index (χ4n) is 2.45. The van der Waals surface area contributed by atoms with Crippen LogP contribution in [0.5, 0.6) is 0 Å². The molecule has 5 nitrogen and oxygen atoms in total. The topological polar surface area (TPSA) is 72.6 Å². The number of ether oxygens (including phenoxy) is 1. The first-order chi connectivity index (χ1) is 10.0. The van der Waals surface area contributed by atoms with Gasteiger partial charge in [-0.25, -0.2) is 8.42 Å². The number of sulfone groups is 1. The average Bonchev–Trinajstić information content (AvgIpc) is 2.98. The number of rotatable bonds is 7. The minimum atomic E-state index is -3.24. The van der Waals surface area contributed by atoms with Crippen LogP contribution in [0.4, 0.5) is 0 Å². The zero-order chi connectivity index (χ0) is 15.3. The van der Waals surface area contributed by atoms with Crippen molar-refractivity contribution in [3.05, 3.63) is 29.8 Å². The molecule has 1 heterocycles. The monoisotopic (exact) mass is 312 g/mol. The van der Waals surface area contributed by atoms with Crippen molar-refractivity contribution in [2.75, 3.05) is 32.5 Å². The molecule has 1 atom stereocenters. The van der Waals surface area contributed by atoms with Crippen molar-refractivity contribution < 1.29 is 13.2 Å². The van der Waals surface area contributed by atoms with Gasteiger partial charge in [-0.1, -0.05) is 12.1 Å². The zero-order valence-corrected chi connectivity index (χ0v) is 13.3. The molecule has 1 unspecified atom stereocenters. The van der Waals surface area contributed by atoms with E-state index in [-0.39, 0.29) is 11.9 Å². The summed E-state index contributed by atoms with van der Waals surface area (Å²) in [6.45, 7) is 2.55. The molecule has 2 N–H and O–H groups in total. The second-order valence-corrected chi connectivity index (χ2v) is 7.67. The Bertz CT molecular complexity index is 537. The third-order valence-corrected chi connectivity index (χ3v) is 5.51. The molecule has 0 amide bonds. The van der Waals surface area contributed by atoms with Crippen molar-refractivity contribution >= 4 is 9.84 Å². The first-order valence-corrected chi connectivity index (χ1v) is 8.98. The summed E-state index contributed by atoms with van der Waals surface area (Å²) in [5.74, 6) is 0.123. The van der Waals surface area contributed by atoms with E-state index in [0.29, 0.717) is 18.0 Å². The van der Waals surface area contributed by atoms with Crippen LogP contribution in [0, 0.1) is 0 Å². The van der Waals surface area contributed by atoms with Gasteiger partial charge in [-0.15, -0.1) is 0 Å². The van der Waals surface area contributed by atoms with Gasteiger partial charge in [-0.2, -0.15) is 0 Å². The van der Waals surface area contributed by atoms with Crippen LogP contribution in [0.15, 0.2) is 29.2 Å². The molecule has 0 bridgehead atoms. The molecule has 1 aliphatic rings. The van der Waals surface area contributed by atoms with Crippen LogP contribution < -0.4 is 5.73 Å². The molecule has 1 fully saturated rings. The SMILES string of the molecule is CN(CCS(=O)(=O)c1ccc(CN)cc1)CC1CCCO1. The van der Waals surface area contributed by atoms with Gasteiger partial charge in [0.15, 0.2) is 9.84 Å². The molecule has 0 aromatic heterocycles. The maximum absolute atomic E-state index is 12.3. The molecule has 0 aliphatic carbocycles. The van der Waals surface area contributed by atoms with Crippen molar-refractivity contribution in [2.45, 2.75) is 30.4 Å². The van der Waals surface area contributed by atoms with Crippen molar-refractivity contribution in [3.8, 4) is 0 Å². The van der Waals surface area contributed by atoms with Crippen molar-refractivity contribution in [1.29, 1.82) is 0 Å². The van der Waals surface area contributed by atoms with Crippen molar-refractivity contribution in [2.24, 2.45) is 5.73 Å². The fraction of sp³-hybridized carbons (Fsp3) is 0.600.